The summed E-state index contributed by atoms with van der Waals surface area (Å²) in [4.78, 5) is 11.7. The number of aryl methyl sites for hydroxylation is 1. The van der Waals surface area contributed by atoms with E-state index in [1.54, 1.807) is 7.11 Å². The van der Waals surface area contributed by atoms with Crippen molar-refractivity contribution in [2.45, 2.75) is 32.6 Å². The first-order valence-electron chi connectivity index (χ1n) is 6.91. The van der Waals surface area contributed by atoms with Crippen LogP contribution in [-0.2, 0) is 11.2 Å². The molecule has 0 amide bonds. The molecule has 2 unspecified atom stereocenters. The first-order chi connectivity index (χ1) is 9.04. The lowest BCUT2D eigenvalue weighted by atomic mass is 9.77. The number of benzene rings is 1. The smallest absolute Gasteiger partial charge is 0.309 e. The number of ether oxygens (including phenoxy) is 1. The van der Waals surface area contributed by atoms with Gasteiger partial charge in [0.25, 0.3) is 0 Å². The van der Waals surface area contributed by atoms with Crippen molar-refractivity contribution in [1.29, 1.82) is 0 Å². The summed E-state index contributed by atoms with van der Waals surface area (Å²) in [5, 5.41) is 9.66. The summed E-state index contributed by atoms with van der Waals surface area (Å²) in [6.45, 7) is 2.03. The van der Waals surface area contributed by atoms with E-state index in [2.05, 4.69) is 6.07 Å². The number of carboxylic acids is 1. The number of carboxylic acid groups (broad SMARTS) is 1. The summed E-state index contributed by atoms with van der Waals surface area (Å²) in [7, 11) is 1.65. The first-order valence-corrected chi connectivity index (χ1v) is 6.91. The molecule has 3 nitrogen and oxygen atoms in total. The van der Waals surface area contributed by atoms with Crippen LogP contribution in [0.3, 0.4) is 0 Å². The Morgan fingerprint density at radius 1 is 1.42 bits per heavy atom. The molecule has 3 rings (SSSR count). The Morgan fingerprint density at radius 3 is 2.68 bits per heavy atom. The van der Waals surface area contributed by atoms with Crippen molar-refractivity contribution in [1.82, 2.24) is 0 Å². The largest absolute Gasteiger partial charge is 0.496 e. The van der Waals surface area contributed by atoms with E-state index in [-0.39, 0.29) is 0 Å². The molecule has 0 spiro atoms. The zero-order valence-electron chi connectivity index (χ0n) is 11.5. The zero-order chi connectivity index (χ0) is 13.6. The van der Waals surface area contributed by atoms with Crippen molar-refractivity contribution >= 4 is 5.97 Å². The molecule has 3 heteroatoms. The van der Waals surface area contributed by atoms with Gasteiger partial charge in [-0.15, -0.1) is 0 Å². The minimum absolute atomic E-state index is 0.561. The zero-order valence-corrected chi connectivity index (χ0v) is 11.5. The lowest BCUT2D eigenvalue weighted by molar-refractivity contribution is -0.149. The van der Waals surface area contributed by atoms with E-state index in [4.69, 9.17) is 4.74 Å². The third-order valence-electron chi connectivity index (χ3n) is 4.79. The predicted octanol–water partition coefficient (Wildman–Crippen LogP) is 3.05. The Balaban J connectivity index is 1.90. The predicted molar refractivity (Wildman–Crippen MR) is 72.3 cm³/mol. The average Bonchev–Trinajstić information content (AvgIpc) is 2.97. The fraction of sp³-hybridized carbons (Fsp3) is 0.562. The standard InChI is InChI=1S/C16H20O3/c1-10-3-4-14(19-2)13(5-10)9-16(15(17)18)7-11-6-12(11)8-16/h3-5,11-12H,6-9H2,1-2H3,(H,17,18). The van der Waals surface area contributed by atoms with Crippen LogP contribution < -0.4 is 4.74 Å². The number of rotatable bonds is 4. The van der Waals surface area contributed by atoms with Gasteiger partial charge in [0, 0.05) is 0 Å². The van der Waals surface area contributed by atoms with Crippen molar-refractivity contribution in [2.24, 2.45) is 17.3 Å². The van der Waals surface area contributed by atoms with Crippen molar-refractivity contribution < 1.29 is 14.6 Å². The molecule has 2 fully saturated rings. The molecule has 0 heterocycles. The quantitative estimate of drug-likeness (QED) is 0.905. The van der Waals surface area contributed by atoms with Crippen LogP contribution in [-0.4, -0.2) is 18.2 Å². The van der Waals surface area contributed by atoms with Gasteiger partial charge in [-0.25, -0.2) is 0 Å². The number of hydrogen-bond acceptors (Lipinski definition) is 2. The maximum Gasteiger partial charge on any atom is 0.309 e. The molecule has 102 valence electrons. The van der Waals surface area contributed by atoms with Crippen LogP contribution in [0.4, 0.5) is 0 Å². The SMILES string of the molecule is COc1ccc(C)cc1CC1(C(=O)O)CC2CC2C1. The maximum atomic E-state index is 11.7. The van der Waals surface area contributed by atoms with Gasteiger partial charge in [0.1, 0.15) is 5.75 Å². The highest BCUT2D eigenvalue weighted by Gasteiger charge is 2.57. The van der Waals surface area contributed by atoms with E-state index in [0.717, 1.165) is 29.7 Å². The number of carbonyl (C=O) groups is 1. The van der Waals surface area contributed by atoms with E-state index < -0.39 is 11.4 Å². The van der Waals surface area contributed by atoms with Crippen molar-refractivity contribution in [3.05, 3.63) is 29.3 Å². The maximum absolute atomic E-state index is 11.7. The molecule has 0 aliphatic heterocycles. The summed E-state index contributed by atoms with van der Waals surface area (Å²) >= 11 is 0. The van der Waals surface area contributed by atoms with Crippen LogP contribution in [0.1, 0.15) is 30.4 Å². The molecule has 2 aliphatic rings. The van der Waals surface area contributed by atoms with Gasteiger partial charge in [-0.3, -0.25) is 4.79 Å². The lowest BCUT2D eigenvalue weighted by Gasteiger charge is -2.27. The highest BCUT2D eigenvalue weighted by atomic mass is 16.5. The number of methoxy groups -OCH3 is 1. The van der Waals surface area contributed by atoms with Gasteiger partial charge in [-0.1, -0.05) is 17.7 Å². The third-order valence-corrected chi connectivity index (χ3v) is 4.79. The Bertz CT molecular complexity index is 511. The molecule has 0 radical (unpaired) electrons. The number of hydrogen-bond donors (Lipinski definition) is 1. The summed E-state index contributed by atoms with van der Waals surface area (Å²) in [5.41, 5.74) is 1.62. The molecular weight excluding hydrogens is 240 g/mol. The van der Waals surface area contributed by atoms with E-state index in [1.807, 2.05) is 19.1 Å². The molecule has 1 N–H and O–H groups in total. The third kappa shape index (κ3) is 2.11. The Labute approximate surface area is 113 Å². The molecule has 19 heavy (non-hydrogen) atoms. The molecule has 2 aliphatic carbocycles. The van der Waals surface area contributed by atoms with Crippen molar-refractivity contribution in [3.8, 4) is 5.75 Å². The molecule has 2 saturated carbocycles. The summed E-state index contributed by atoms with van der Waals surface area (Å²) in [5.74, 6) is 1.49. The lowest BCUT2D eigenvalue weighted by Crippen LogP contribution is -2.32. The molecule has 0 saturated heterocycles. The highest BCUT2D eigenvalue weighted by Crippen LogP contribution is 2.61. The Hall–Kier alpha value is -1.51. The number of aliphatic carboxylic acids is 1. The second-order valence-corrected chi connectivity index (χ2v) is 6.24. The van der Waals surface area contributed by atoms with E-state index >= 15 is 0 Å². The molecule has 1 aromatic rings. The molecule has 0 bridgehead atoms. The minimum atomic E-state index is -0.636. The van der Waals surface area contributed by atoms with Crippen LogP contribution >= 0.6 is 0 Å². The van der Waals surface area contributed by atoms with Gasteiger partial charge in [0.15, 0.2) is 0 Å². The fourth-order valence-corrected chi connectivity index (χ4v) is 3.70. The van der Waals surface area contributed by atoms with Gasteiger partial charge in [0.2, 0.25) is 0 Å². The molecule has 0 aromatic heterocycles. The van der Waals surface area contributed by atoms with Crippen LogP contribution in [0.15, 0.2) is 18.2 Å². The van der Waals surface area contributed by atoms with Gasteiger partial charge in [-0.2, -0.15) is 0 Å². The van der Waals surface area contributed by atoms with E-state index in [0.29, 0.717) is 18.3 Å². The fourth-order valence-electron chi connectivity index (χ4n) is 3.70. The van der Waals surface area contributed by atoms with Crippen LogP contribution in [0.25, 0.3) is 0 Å². The molecular formula is C16H20O3. The van der Waals surface area contributed by atoms with Crippen molar-refractivity contribution in [2.75, 3.05) is 7.11 Å². The van der Waals surface area contributed by atoms with Gasteiger partial charge in [0.05, 0.1) is 12.5 Å². The topological polar surface area (TPSA) is 46.5 Å². The van der Waals surface area contributed by atoms with Crippen LogP contribution in [0.5, 0.6) is 5.75 Å². The van der Waals surface area contributed by atoms with Crippen LogP contribution in [0, 0.1) is 24.2 Å². The first kappa shape index (κ1) is 12.5. The summed E-state index contributed by atoms with van der Waals surface area (Å²) in [6.07, 6.45) is 3.51. The van der Waals surface area contributed by atoms with E-state index in [1.165, 1.54) is 6.42 Å². The van der Waals surface area contributed by atoms with Crippen LogP contribution in [0.2, 0.25) is 0 Å². The average molecular weight is 260 g/mol. The second-order valence-electron chi connectivity index (χ2n) is 6.24. The Kier molecular flexibility index (Phi) is 2.80. The monoisotopic (exact) mass is 260 g/mol. The summed E-state index contributed by atoms with van der Waals surface area (Å²) < 4.78 is 5.38. The summed E-state index contributed by atoms with van der Waals surface area (Å²) in [6, 6.07) is 6.01. The molecule has 1 aromatic carbocycles. The number of fused-ring (bicyclic) bond motifs is 1. The second kappa shape index (κ2) is 4.26. The highest BCUT2D eigenvalue weighted by molar-refractivity contribution is 5.76. The molecule has 2 atom stereocenters. The van der Waals surface area contributed by atoms with E-state index in [9.17, 15) is 9.90 Å². The van der Waals surface area contributed by atoms with Gasteiger partial charge in [-0.05, 0) is 56.1 Å². The van der Waals surface area contributed by atoms with Crippen molar-refractivity contribution in [3.63, 3.8) is 0 Å². The van der Waals surface area contributed by atoms with Gasteiger partial charge < -0.3 is 9.84 Å². The normalized spacial score (nSPS) is 31.9. The minimum Gasteiger partial charge on any atom is -0.496 e. The Morgan fingerprint density at radius 2 is 2.11 bits per heavy atom. The van der Waals surface area contributed by atoms with Gasteiger partial charge >= 0.3 is 5.97 Å².